The molecule has 0 aliphatic heterocycles. The summed E-state index contributed by atoms with van der Waals surface area (Å²) in [5.41, 5.74) is 1.67. The summed E-state index contributed by atoms with van der Waals surface area (Å²) in [5, 5.41) is 22.4. The monoisotopic (exact) mass is 258 g/mol. The number of aliphatic hydroxyl groups excluding tert-OH is 1. The molecule has 1 aliphatic carbocycles. The van der Waals surface area contributed by atoms with E-state index in [1.165, 1.54) is 32.1 Å². The summed E-state index contributed by atoms with van der Waals surface area (Å²) in [6.45, 7) is 2.82. The van der Waals surface area contributed by atoms with Crippen LogP contribution in [-0.2, 0) is 0 Å². The molecule has 1 aromatic carbocycles. The van der Waals surface area contributed by atoms with E-state index in [1.54, 1.807) is 12.1 Å². The lowest BCUT2D eigenvalue weighted by atomic mass is 9.83. The molecular weight excluding hydrogens is 236 g/mol. The van der Waals surface area contributed by atoms with Gasteiger partial charge in [0.1, 0.15) is 0 Å². The van der Waals surface area contributed by atoms with Crippen LogP contribution in [0.15, 0.2) is 24.3 Å². The lowest BCUT2D eigenvalue weighted by Gasteiger charge is -2.35. The van der Waals surface area contributed by atoms with Gasteiger partial charge in [0.05, 0.1) is 17.7 Å². The molecule has 1 aliphatic rings. The van der Waals surface area contributed by atoms with Gasteiger partial charge in [-0.15, -0.1) is 0 Å². The Balaban J connectivity index is 1.89. The summed E-state index contributed by atoms with van der Waals surface area (Å²) in [4.78, 5) is 0. The van der Waals surface area contributed by atoms with Crippen molar-refractivity contribution in [3.8, 4) is 6.07 Å². The van der Waals surface area contributed by atoms with Crippen molar-refractivity contribution in [3.05, 3.63) is 35.4 Å². The number of nitrogens with one attached hydrogen (secondary N) is 1. The van der Waals surface area contributed by atoms with E-state index in [4.69, 9.17) is 5.26 Å². The molecular formula is C16H22N2O. The molecule has 2 rings (SSSR count). The van der Waals surface area contributed by atoms with Gasteiger partial charge in [-0.3, -0.25) is 0 Å². The van der Waals surface area contributed by atoms with E-state index >= 15 is 0 Å². The van der Waals surface area contributed by atoms with Crippen molar-refractivity contribution in [2.45, 2.75) is 50.7 Å². The highest BCUT2D eigenvalue weighted by Gasteiger charge is 2.26. The summed E-state index contributed by atoms with van der Waals surface area (Å²) >= 11 is 0. The minimum absolute atomic E-state index is 0.172. The third-order valence-electron chi connectivity index (χ3n) is 4.10. The fourth-order valence-electron chi connectivity index (χ4n) is 2.75. The quantitative estimate of drug-likeness (QED) is 0.873. The predicted molar refractivity (Wildman–Crippen MR) is 75.6 cm³/mol. The Labute approximate surface area is 115 Å². The maximum atomic E-state index is 10.2. The topological polar surface area (TPSA) is 56.0 Å². The number of hydrogen-bond donors (Lipinski definition) is 2. The van der Waals surface area contributed by atoms with Gasteiger partial charge in [-0.25, -0.2) is 0 Å². The molecule has 1 aromatic rings. The van der Waals surface area contributed by atoms with Crippen molar-refractivity contribution < 1.29 is 5.11 Å². The van der Waals surface area contributed by atoms with Crippen LogP contribution in [0.4, 0.5) is 0 Å². The lowest BCUT2D eigenvalue weighted by molar-refractivity contribution is 0.146. The lowest BCUT2D eigenvalue weighted by Crippen LogP contribution is -2.45. The first-order valence-electron chi connectivity index (χ1n) is 7.06. The Morgan fingerprint density at radius 1 is 1.26 bits per heavy atom. The first kappa shape index (κ1) is 14.0. The van der Waals surface area contributed by atoms with Crippen LogP contribution in [0, 0.1) is 11.3 Å². The van der Waals surface area contributed by atoms with Crippen molar-refractivity contribution in [2.24, 2.45) is 0 Å². The molecule has 0 spiro atoms. The summed E-state index contributed by atoms with van der Waals surface area (Å²) in [6.07, 6.45) is 5.74. The molecule has 102 valence electrons. The molecule has 2 N–H and O–H groups in total. The van der Waals surface area contributed by atoms with Gasteiger partial charge >= 0.3 is 0 Å². The Bertz CT molecular complexity index is 441. The van der Waals surface area contributed by atoms with Crippen LogP contribution < -0.4 is 5.32 Å². The fourth-order valence-corrected chi connectivity index (χ4v) is 2.75. The van der Waals surface area contributed by atoms with E-state index in [2.05, 4.69) is 18.3 Å². The largest absolute Gasteiger partial charge is 0.387 e. The molecule has 1 fully saturated rings. The number of nitrogens with zero attached hydrogens (tertiary/aromatic N) is 1. The minimum Gasteiger partial charge on any atom is -0.387 e. The average Bonchev–Trinajstić information content (AvgIpc) is 2.46. The van der Waals surface area contributed by atoms with Crippen LogP contribution in [0.5, 0.6) is 0 Å². The molecule has 3 heteroatoms. The number of nitriles is 1. The van der Waals surface area contributed by atoms with Crippen molar-refractivity contribution >= 4 is 0 Å². The van der Waals surface area contributed by atoms with Gasteiger partial charge in [0.25, 0.3) is 0 Å². The first-order chi connectivity index (χ1) is 9.13. The van der Waals surface area contributed by atoms with E-state index in [9.17, 15) is 5.11 Å². The second-order valence-corrected chi connectivity index (χ2v) is 5.75. The molecule has 1 unspecified atom stereocenters. The maximum Gasteiger partial charge on any atom is 0.0991 e. The Kier molecular flexibility index (Phi) is 4.57. The highest BCUT2D eigenvalue weighted by Crippen LogP contribution is 2.28. The zero-order chi connectivity index (χ0) is 13.7. The van der Waals surface area contributed by atoms with E-state index in [1.807, 2.05) is 12.1 Å². The van der Waals surface area contributed by atoms with Gasteiger partial charge in [0.15, 0.2) is 0 Å². The molecule has 1 saturated carbocycles. The van der Waals surface area contributed by atoms with Crippen LogP contribution in [0.2, 0.25) is 0 Å². The minimum atomic E-state index is -0.508. The van der Waals surface area contributed by atoms with E-state index in [0.717, 1.165) is 5.56 Å². The van der Waals surface area contributed by atoms with Crippen molar-refractivity contribution in [2.75, 3.05) is 6.54 Å². The molecule has 0 saturated heterocycles. The second kappa shape index (κ2) is 6.18. The number of benzene rings is 1. The summed E-state index contributed by atoms with van der Waals surface area (Å²) < 4.78 is 0. The SMILES string of the molecule is CC1(NCC(O)c2ccc(C#N)cc2)CCCCC1. The fraction of sp³-hybridized carbons (Fsp3) is 0.562. The van der Waals surface area contributed by atoms with Crippen molar-refractivity contribution in [3.63, 3.8) is 0 Å². The van der Waals surface area contributed by atoms with Gasteiger partial charge in [0, 0.05) is 12.1 Å². The van der Waals surface area contributed by atoms with E-state index in [-0.39, 0.29) is 5.54 Å². The highest BCUT2D eigenvalue weighted by molar-refractivity contribution is 5.32. The van der Waals surface area contributed by atoms with Gasteiger partial charge in [-0.1, -0.05) is 31.4 Å². The normalized spacial score (nSPS) is 19.6. The zero-order valence-electron chi connectivity index (χ0n) is 11.5. The standard InChI is InChI=1S/C16H22N2O/c1-16(9-3-2-4-10-16)18-12-15(19)14-7-5-13(11-17)6-8-14/h5-8,15,18-19H,2-4,9-10,12H2,1H3. The highest BCUT2D eigenvalue weighted by atomic mass is 16.3. The number of β-amino-alcohol motifs (C(OH)–C–C–N with tert-alkyl or cyclic N) is 1. The van der Waals surface area contributed by atoms with Gasteiger partial charge in [0.2, 0.25) is 0 Å². The van der Waals surface area contributed by atoms with Crippen LogP contribution in [-0.4, -0.2) is 17.2 Å². The molecule has 0 aromatic heterocycles. The van der Waals surface area contributed by atoms with Gasteiger partial charge in [-0.2, -0.15) is 5.26 Å². The molecule has 3 nitrogen and oxygen atoms in total. The first-order valence-corrected chi connectivity index (χ1v) is 7.06. The average molecular weight is 258 g/mol. The molecule has 19 heavy (non-hydrogen) atoms. The predicted octanol–water partition coefficient (Wildman–Crippen LogP) is 2.90. The molecule has 0 bridgehead atoms. The summed E-state index contributed by atoms with van der Waals surface area (Å²) in [7, 11) is 0. The molecule has 1 atom stereocenters. The Morgan fingerprint density at radius 2 is 1.89 bits per heavy atom. The Morgan fingerprint density at radius 3 is 2.47 bits per heavy atom. The third kappa shape index (κ3) is 3.79. The Hall–Kier alpha value is -1.37. The summed E-state index contributed by atoms with van der Waals surface area (Å²) in [6, 6.07) is 9.24. The number of rotatable bonds is 4. The van der Waals surface area contributed by atoms with Gasteiger partial charge in [-0.05, 0) is 37.5 Å². The van der Waals surface area contributed by atoms with E-state index in [0.29, 0.717) is 12.1 Å². The van der Waals surface area contributed by atoms with Crippen molar-refractivity contribution in [1.82, 2.24) is 5.32 Å². The van der Waals surface area contributed by atoms with Crippen LogP contribution >= 0.6 is 0 Å². The van der Waals surface area contributed by atoms with Crippen molar-refractivity contribution in [1.29, 1.82) is 5.26 Å². The van der Waals surface area contributed by atoms with Crippen LogP contribution in [0.3, 0.4) is 0 Å². The third-order valence-corrected chi connectivity index (χ3v) is 4.10. The maximum absolute atomic E-state index is 10.2. The number of hydrogen-bond acceptors (Lipinski definition) is 3. The van der Waals surface area contributed by atoms with Crippen LogP contribution in [0.1, 0.15) is 56.3 Å². The molecule has 0 amide bonds. The van der Waals surface area contributed by atoms with Crippen LogP contribution in [0.25, 0.3) is 0 Å². The number of aliphatic hydroxyl groups is 1. The zero-order valence-corrected chi connectivity index (χ0v) is 11.5. The summed E-state index contributed by atoms with van der Waals surface area (Å²) in [5.74, 6) is 0. The molecule has 0 heterocycles. The molecule has 0 radical (unpaired) electrons. The smallest absolute Gasteiger partial charge is 0.0991 e. The van der Waals surface area contributed by atoms with Gasteiger partial charge < -0.3 is 10.4 Å². The second-order valence-electron chi connectivity index (χ2n) is 5.75. The van der Waals surface area contributed by atoms with E-state index < -0.39 is 6.10 Å².